The van der Waals surface area contributed by atoms with Crippen molar-refractivity contribution in [3.63, 3.8) is 0 Å². The van der Waals surface area contributed by atoms with Gasteiger partial charge in [0.25, 0.3) is 5.56 Å². The van der Waals surface area contributed by atoms with Crippen LogP contribution in [-0.2, 0) is 24.2 Å². The van der Waals surface area contributed by atoms with E-state index in [-0.39, 0.29) is 11.5 Å². The van der Waals surface area contributed by atoms with Crippen LogP contribution >= 0.6 is 0 Å². The normalized spacial score (nSPS) is 13.7. The minimum absolute atomic E-state index is 0.0730. The highest BCUT2D eigenvalue weighted by Gasteiger charge is 2.20. The molecule has 0 spiro atoms. The Morgan fingerprint density at radius 3 is 2.72 bits per heavy atom. The maximum absolute atomic E-state index is 12.5. The molecule has 1 amide bonds. The average Bonchev–Trinajstić information content (AvgIpc) is 2.65. The number of aryl methyl sites for hydroxylation is 1. The second kappa shape index (κ2) is 6.51. The van der Waals surface area contributed by atoms with Gasteiger partial charge in [-0.3, -0.25) is 9.59 Å². The molecule has 2 aromatic carbocycles. The molecule has 0 saturated heterocycles. The number of hydrogen-bond acceptors (Lipinski definition) is 3. The van der Waals surface area contributed by atoms with Gasteiger partial charge < -0.3 is 9.88 Å². The molecule has 5 nitrogen and oxygen atoms in total. The van der Waals surface area contributed by atoms with Gasteiger partial charge in [0.15, 0.2) is 0 Å². The summed E-state index contributed by atoms with van der Waals surface area (Å²) in [7, 11) is 0. The first-order valence-corrected chi connectivity index (χ1v) is 8.53. The molecule has 25 heavy (non-hydrogen) atoms. The van der Waals surface area contributed by atoms with Crippen molar-refractivity contribution in [1.82, 2.24) is 14.9 Å². The molecule has 0 bridgehead atoms. The van der Waals surface area contributed by atoms with Crippen molar-refractivity contribution < 1.29 is 4.79 Å². The van der Waals surface area contributed by atoms with Gasteiger partial charge >= 0.3 is 0 Å². The molecule has 1 N–H and O–H groups in total. The van der Waals surface area contributed by atoms with Crippen molar-refractivity contribution in [2.45, 2.75) is 25.8 Å². The van der Waals surface area contributed by atoms with Crippen molar-refractivity contribution in [3.05, 3.63) is 75.7 Å². The van der Waals surface area contributed by atoms with Gasteiger partial charge in [-0.05, 0) is 29.7 Å². The highest BCUT2D eigenvalue weighted by atomic mass is 16.2. The van der Waals surface area contributed by atoms with Crippen LogP contribution in [0.4, 0.5) is 0 Å². The smallest absolute Gasteiger partial charge is 0.270 e. The lowest BCUT2D eigenvalue weighted by atomic mass is 9.99. The van der Waals surface area contributed by atoms with Gasteiger partial charge in [0.2, 0.25) is 5.91 Å². The summed E-state index contributed by atoms with van der Waals surface area (Å²) >= 11 is 0. The van der Waals surface area contributed by atoms with Crippen LogP contribution in [0.5, 0.6) is 0 Å². The number of carbonyl (C=O) groups is 1. The molecule has 0 radical (unpaired) electrons. The lowest BCUT2D eigenvalue weighted by Crippen LogP contribution is -2.36. The Labute approximate surface area is 145 Å². The third-order valence-electron chi connectivity index (χ3n) is 4.73. The van der Waals surface area contributed by atoms with E-state index in [0.717, 1.165) is 24.0 Å². The van der Waals surface area contributed by atoms with E-state index in [2.05, 4.69) is 22.1 Å². The topological polar surface area (TPSA) is 66.1 Å². The summed E-state index contributed by atoms with van der Waals surface area (Å²) in [6, 6.07) is 15.7. The Bertz CT molecular complexity index is 993. The number of nitrogens with zero attached hydrogens (tertiary/aromatic N) is 2. The predicted molar refractivity (Wildman–Crippen MR) is 96.2 cm³/mol. The van der Waals surface area contributed by atoms with Gasteiger partial charge in [0, 0.05) is 25.9 Å². The summed E-state index contributed by atoms with van der Waals surface area (Å²) in [5.74, 6) is 0.0730. The van der Waals surface area contributed by atoms with Gasteiger partial charge in [-0.25, -0.2) is 4.98 Å². The van der Waals surface area contributed by atoms with Gasteiger partial charge in [-0.2, -0.15) is 0 Å². The molecule has 0 saturated carbocycles. The number of hydrogen-bond donors (Lipinski definition) is 1. The van der Waals surface area contributed by atoms with Gasteiger partial charge in [0.1, 0.15) is 5.69 Å². The zero-order chi connectivity index (χ0) is 17.2. The van der Waals surface area contributed by atoms with E-state index in [0.29, 0.717) is 25.1 Å². The van der Waals surface area contributed by atoms with Crippen LogP contribution in [0.2, 0.25) is 0 Å². The van der Waals surface area contributed by atoms with Gasteiger partial charge in [-0.1, -0.05) is 36.4 Å². The number of carbonyl (C=O) groups excluding carboxylic acids is 1. The zero-order valence-electron chi connectivity index (χ0n) is 13.9. The fourth-order valence-electron chi connectivity index (χ4n) is 3.33. The fraction of sp³-hybridized carbons (Fsp3) is 0.250. The fourth-order valence-corrected chi connectivity index (χ4v) is 3.33. The molecule has 3 aromatic rings. The number of aromatic amines is 1. The number of nitrogens with one attached hydrogen (secondary N) is 1. The van der Waals surface area contributed by atoms with E-state index >= 15 is 0 Å². The number of benzene rings is 2. The first kappa shape index (κ1) is 15.6. The van der Waals surface area contributed by atoms with E-state index in [1.807, 2.05) is 41.3 Å². The second-order valence-corrected chi connectivity index (χ2v) is 6.36. The first-order valence-electron chi connectivity index (χ1n) is 8.53. The van der Waals surface area contributed by atoms with Crippen molar-refractivity contribution >= 4 is 16.9 Å². The molecule has 1 aromatic heterocycles. The molecular formula is C20H19N3O2. The highest BCUT2D eigenvalue weighted by molar-refractivity contribution is 5.77. The van der Waals surface area contributed by atoms with E-state index in [1.165, 1.54) is 11.1 Å². The van der Waals surface area contributed by atoms with Crippen LogP contribution in [0.1, 0.15) is 23.2 Å². The number of para-hydroxylation sites is 2. The SMILES string of the molecule is O=C(CCc1nc2ccccc2[nH]c1=O)N1CCc2ccccc2C1. The summed E-state index contributed by atoms with van der Waals surface area (Å²) in [4.78, 5) is 33.8. The summed E-state index contributed by atoms with van der Waals surface area (Å²) < 4.78 is 0. The lowest BCUT2D eigenvalue weighted by molar-refractivity contribution is -0.132. The Morgan fingerprint density at radius 2 is 1.84 bits per heavy atom. The van der Waals surface area contributed by atoms with E-state index < -0.39 is 0 Å². The van der Waals surface area contributed by atoms with Crippen LogP contribution in [-0.4, -0.2) is 27.3 Å². The molecule has 0 unspecified atom stereocenters. The van der Waals surface area contributed by atoms with E-state index in [9.17, 15) is 9.59 Å². The third kappa shape index (κ3) is 3.18. The average molecular weight is 333 g/mol. The van der Waals surface area contributed by atoms with Crippen LogP contribution in [0, 0.1) is 0 Å². The van der Waals surface area contributed by atoms with Crippen molar-refractivity contribution in [1.29, 1.82) is 0 Å². The number of amides is 1. The molecule has 1 aliphatic heterocycles. The lowest BCUT2D eigenvalue weighted by Gasteiger charge is -2.28. The third-order valence-corrected chi connectivity index (χ3v) is 4.73. The second-order valence-electron chi connectivity index (χ2n) is 6.36. The predicted octanol–water partition coefficient (Wildman–Crippen LogP) is 2.44. The Hall–Kier alpha value is -2.95. The molecule has 4 rings (SSSR count). The van der Waals surface area contributed by atoms with E-state index in [4.69, 9.17) is 0 Å². The van der Waals surface area contributed by atoms with Crippen LogP contribution < -0.4 is 5.56 Å². The number of rotatable bonds is 3. The molecule has 5 heteroatoms. The van der Waals surface area contributed by atoms with Crippen molar-refractivity contribution in [2.75, 3.05) is 6.54 Å². The molecule has 0 fully saturated rings. The zero-order valence-corrected chi connectivity index (χ0v) is 13.9. The Balaban J connectivity index is 1.46. The van der Waals surface area contributed by atoms with Gasteiger partial charge in [0.05, 0.1) is 11.0 Å². The summed E-state index contributed by atoms with van der Waals surface area (Å²) in [5, 5.41) is 0. The monoisotopic (exact) mass is 333 g/mol. The van der Waals surface area contributed by atoms with Crippen molar-refractivity contribution in [3.8, 4) is 0 Å². The Morgan fingerprint density at radius 1 is 1.08 bits per heavy atom. The quantitative estimate of drug-likeness (QED) is 0.800. The molecule has 0 aliphatic carbocycles. The molecule has 126 valence electrons. The summed E-state index contributed by atoms with van der Waals surface area (Å²) in [5.41, 5.74) is 4.20. The number of aromatic nitrogens is 2. The van der Waals surface area contributed by atoms with Gasteiger partial charge in [-0.15, -0.1) is 0 Å². The molecule has 1 aliphatic rings. The molecule has 2 heterocycles. The molecular weight excluding hydrogens is 314 g/mol. The standard InChI is InChI=1S/C20H19N3O2/c24-19(23-12-11-14-5-1-2-6-15(14)13-23)10-9-18-20(25)22-17-8-4-3-7-16(17)21-18/h1-8H,9-13H2,(H,22,25). The van der Waals surface area contributed by atoms with Crippen LogP contribution in [0.25, 0.3) is 11.0 Å². The summed E-state index contributed by atoms with van der Waals surface area (Å²) in [6.07, 6.45) is 1.55. The van der Waals surface area contributed by atoms with E-state index in [1.54, 1.807) is 0 Å². The largest absolute Gasteiger partial charge is 0.338 e. The first-order chi connectivity index (χ1) is 12.2. The highest BCUT2D eigenvalue weighted by Crippen LogP contribution is 2.19. The van der Waals surface area contributed by atoms with Crippen molar-refractivity contribution in [2.24, 2.45) is 0 Å². The van der Waals surface area contributed by atoms with Crippen LogP contribution in [0.15, 0.2) is 53.3 Å². The number of fused-ring (bicyclic) bond motifs is 2. The summed E-state index contributed by atoms with van der Waals surface area (Å²) in [6.45, 7) is 1.38. The minimum atomic E-state index is -0.213. The van der Waals surface area contributed by atoms with Crippen LogP contribution in [0.3, 0.4) is 0 Å². The maximum Gasteiger partial charge on any atom is 0.270 e. The molecule has 0 atom stereocenters. The maximum atomic E-state index is 12.5. The Kier molecular flexibility index (Phi) is 4.06. The minimum Gasteiger partial charge on any atom is -0.338 e. The number of H-pyrrole nitrogens is 1.